The van der Waals surface area contributed by atoms with Crippen molar-refractivity contribution in [1.82, 2.24) is 0 Å². The lowest BCUT2D eigenvalue weighted by molar-refractivity contribution is -0.149. The smallest absolute Gasteiger partial charge is 0.333 e. The predicted octanol–water partition coefficient (Wildman–Crippen LogP) is 3.94. The molecule has 27 heavy (non-hydrogen) atoms. The molecule has 0 aliphatic heterocycles. The summed E-state index contributed by atoms with van der Waals surface area (Å²) in [5.74, 6) is 0.462. The number of hydrogen-bond donors (Lipinski definition) is 1. The Hall–Kier alpha value is -2.86. The molecule has 0 heterocycles. The van der Waals surface area contributed by atoms with Gasteiger partial charge in [0.15, 0.2) is 11.9 Å². The maximum Gasteiger partial charge on any atom is 0.333 e. The van der Waals surface area contributed by atoms with E-state index >= 15 is 0 Å². The van der Waals surface area contributed by atoms with Gasteiger partial charge in [0.25, 0.3) is 0 Å². The van der Waals surface area contributed by atoms with Crippen molar-refractivity contribution >= 4 is 11.7 Å². The molecule has 1 unspecified atom stereocenters. The van der Waals surface area contributed by atoms with Crippen molar-refractivity contribution in [3.05, 3.63) is 60.2 Å². The minimum atomic E-state index is -0.954. The van der Waals surface area contributed by atoms with Gasteiger partial charge in [-0.15, -0.1) is 0 Å². The topological polar surface area (TPSA) is 77.3 Å². The Balaban J connectivity index is 1.76. The van der Waals surface area contributed by atoms with Crippen molar-refractivity contribution in [1.29, 1.82) is 0 Å². The summed E-state index contributed by atoms with van der Waals surface area (Å²) >= 11 is 0. The van der Waals surface area contributed by atoms with Gasteiger partial charge in [0, 0.05) is 19.4 Å². The van der Waals surface area contributed by atoms with Crippen LogP contribution in [0.5, 0.6) is 11.5 Å². The molecule has 1 atom stereocenters. The summed E-state index contributed by atoms with van der Waals surface area (Å²) in [7, 11) is 0. The fourth-order valence-electron chi connectivity index (χ4n) is 2.33. The Morgan fingerprint density at radius 2 is 1.78 bits per heavy atom. The fourth-order valence-corrected chi connectivity index (χ4v) is 2.33. The SMILES string of the molecule is CCOC(Cc1ccc(OCCC(C)=NOc2ccccc2)cc1)C(=O)O. The molecule has 0 saturated heterocycles. The number of oxime groups is 1. The molecule has 0 amide bonds. The summed E-state index contributed by atoms with van der Waals surface area (Å²) in [4.78, 5) is 16.5. The molecule has 0 aliphatic rings. The van der Waals surface area contributed by atoms with E-state index in [-0.39, 0.29) is 0 Å². The lowest BCUT2D eigenvalue weighted by atomic mass is 10.1. The van der Waals surface area contributed by atoms with Crippen molar-refractivity contribution < 1.29 is 24.2 Å². The van der Waals surface area contributed by atoms with Gasteiger partial charge in [-0.25, -0.2) is 4.79 Å². The van der Waals surface area contributed by atoms with Crippen LogP contribution in [0.3, 0.4) is 0 Å². The minimum Gasteiger partial charge on any atom is -0.493 e. The van der Waals surface area contributed by atoms with Crippen LogP contribution in [0.1, 0.15) is 25.8 Å². The molecular formula is C21H25NO5. The van der Waals surface area contributed by atoms with E-state index in [9.17, 15) is 4.79 Å². The molecule has 0 radical (unpaired) electrons. The normalized spacial score (nSPS) is 12.4. The second-order valence-corrected chi connectivity index (χ2v) is 5.96. The average Bonchev–Trinajstić information content (AvgIpc) is 2.68. The van der Waals surface area contributed by atoms with E-state index in [1.807, 2.05) is 61.5 Å². The van der Waals surface area contributed by atoms with E-state index in [1.54, 1.807) is 6.92 Å². The molecule has 2 aromatic carbocycles. The molecule has 1 N–H and O–H groups in total. The van der Waals surface area contributed by atoms with E-state index < -0.39 is 12.1 Å². The summed E-state index contributed by atoms with van der Waals surface area (Å²) in [5.41, 5.74) is 1.72. The van der Waals surface area contributed by atoms with Crippen molar-refractivity contribution in [2.75, 3.05) is 13.2 Å². The Morgan fingerprint density at radius 1 is 1.07 bits per heavy atom. The van der Waals surface area contributed by atoms with E-state index in [2.05, 4.69) is 5.16 Å². The third-order valence-electron chi connectivity index (χ3n) is 3.77. The van der Waals surface area contributed by atoms with Gasteiger partial charge in [-0.2, -0.15) is 0 Å². The second kappa shape index (κ2) is 11.0. The maximum atomic E-state index is 11.1. The third kappa shape index (κ3) is 7.50. The Kier molecular flexibility index (Phi) is 8.32. The predicted molar refractivity (Wildman–Crippen MR) is 103 cm³/mol. The molecular weight excluding hydrogens is 346 g/mol. The van der Waals surface area contributed by atoms with Crippen LogP contribution in [0.2, 0.25) is 0 Å². The summed E-state index contributed by atoms with van der Waals surface area (Å²) in [6, 6.07) is 16.7. The first-order valence-corrected chi connectivity index (χ1v) is 8.90. The highest BCUT2D eigenvalue weighted by Crippen LogP contribution is 2.15. The van der Waals surface area contributed by atoms with E-state index in [0.29, 0.717) is 31.8 Å². The monoisotopic (exact) mass is 371 g/mol. The van der Waals surface area contributed by atoms with Gasteiger partial charge in [0.05, 0.1) is 12.3 Å². The Bertz CT molecular complexity index is 728. The highest BCUT2D eigenvalue weighted by molar-refractivity contribution is 5.81. The molecule has 0 spiro atoms. The van der Waals surface area contributed by atoms with Gasteiger partial charge in [0.1, 0.15) is 5.75 Å². The first-order valence-electron chi connectivity index (χ1n) is 8.90. The number of aliphatic carboxylic acids is 1. The molecule has 0 bridgehead atoms. The van der Waals surface area contributed by atoms with Crippen molar-refractivity contribution in [3.8, 4) is 11.5 Å². The fraction of sp³-hybridized carbons (Fsp3) is 0.333. The molecule has 2 aromatic rings. The number of hydrogen-bond acceptors (Lipinski definition) is 5. The van der Waals surface area contributed by atoms with Crippen molar-refractivity contribution in [3.63, 3.8) is 0 Å². The molecule has 6 nitrogen and oxygen atoms in total. The van der Waals surface area contributed by atoms with Crippen LogP contribution in [0.25, 0.3) is 0 Å². The van der Waals surface area contributed by atoms with Crippen molar-refractivity contribution in [2.45, 2.75) is 32.8 Å². The van der Waals surface area contributed by atoms with E-state index in [1.165, 1.54) is 0 Å². The number of para-hydroxylation sites is 1. The molecule has 6 heteroatoms. The zero-order valence-electron chi connectivity index (χ0n) is 15.6. The molecule has 0 saturated carbocycles. The number of carbonyl (C=O) groups is 1. The average molecular weight is 371 g/mol. The summed E-state index contributed by atoms with van der Waals surface area (Å²) in [6.45, 7) is 4.51. The number of nitrogens with zero attached hydrogens (tertiary/aromatic N) is 1. The van der Waals surface area contributed by atoms with Gasteiger partial charge in [-0.3, -0.25) is 0 Å². The van der Waals surface area contributed by atoms with Gasteiger partial charge in [-0.1, -0.05) is 35.5 Å². The summed E-state index contributed by atoms with van der Waals surface area (Å²) in [5, 5.41) is 13.2. The summed E-state index contributed by atoms with van der Waals surface area (Å²) in [6.07, 6.45) is 0.136. The van der Waals surface area contributed by atoms with Crippen molar-refractivity contribution in [2.24, 2.45) is 5.16 Å². The number of carboxylic acid groups (broad SMARTS) is 1. The molecule has 0 aromatic heterocycles. The molecule has 144 valence electrons. The molecule has 0 fully saturated rings. The number of carboxylic acids is 1. The van der Waals surface area contributed by atoms with Crippen LogP contribution in [-0.2, 0) is 16.0 Å². The highest BCUT2D eigenvalue weighted by atomic mass is 16.6. The number of benzene rings is 2. The van der Waals surface area contributed by atoms with Crippen LogP contribution in [0.15, 0.2) is 59.8 Å². The zero-order valence-corrected chi connectivity index (χ0v) is 15.6. The van der Waals surface area contributed by atoms with E-state index in [0.717, 1.165) is 17.0 Å². The van der Waals surface area contributed by atoms with Gasteiger partial charge in [0.2, 0.25) is 0 Å². The maximum absolute atomic E-state index is 11.1. The van der Waals surface area contributed by atoms with Crippen LogP contribution < -0.4 is 9.57 Å². The van der Waals surface area contributed by atoms with Gasteiger partial charge < -0.3 is 19.4 Å². The Morgan fingerprint density at radius 3 is 2.41 bits per heavy atom. The zero-order chi connectivity index (χ0) is 19.5. The number of rotatable bonds is 11. The standard InChI is InChI=1S/C21H25NO5/c1-3-25-20(21(23)24)15-17-9-11-18(12-10-17)26-14-13-16(2)22-27-19-7-5-4-6-8-19/h4-12,20H,3,13-15H2,1-2H3,(H,23,24). The minimum absolute atomic E-state index is 0.325. The van der Waals surface area contributed by atoms with Crippen LogP contribution >= 0.6 is 0 Å². The first kappa shape index (κ1) is 20.5. The highest BCUT2D eigenvalue weighted by Gasteiger charge is 2.17. The Labute approximate surface area is 159 Å². The van der Waals surface area contributed by atoms with E-state index in [4.69, 9.17) is 19.4 Å². The quantitative estimate of drug-likeness (QED) is 0.478. The van der Waals surface area contributed by atoms with Crippen LogP contribution in [-0.4, -0.2) is 36.1 Å². The van der Waals surface area contributed by atoms with Crippen LogP contribution in [0, 0.1) is 0 Å². The lowest BCUT2D eigenvalue weighted by Crippen LogP contribution is -2.26. The largest absolute Gasteiger partial charge is 0.493 e. The second-order valence-electron chi connectivity index (χ2n) is 5.96. The van der Waals surface area contributed by atoms with Gasteiger partial charge in [-0.05, 0) is 43.7 Å². The first-order chi connectivity index (χ1) is 13.1. The van der Waals surface area contributed by atoms with Gasteiger partial charge >= 0.3 is 5.97 Å². The molecule has 2 rings (SSSR count). The summed E-state index contributed by atoms with van der Waals surface area (Å²) < 4.78 is 10.9. The molecule has 0 aliphatic carbocycles. The number of ether oxygens (including phenoxy) is 2. The lowest BCUT2D eigenvalue weighted by Gasteiger charge is -2.13. The third-order valence-corrected chi connectivity index (χ3v) is 3.77. The van der Waals surface area contributed by atoms with Crippen LogP contribution in [0.4, 0.5) is 0 Å².